The van der Waals surface area contributed by atoms with Gasteiger partial charge in [-0.3, -0.25) is 4.79 Å². The molecule has 0 aliphatic carbocycles. The van der Waals surface area contributed by atoms with E-state index in [1.165, 1.54) is 25.3 Å². The predicted molar refractivity (Wildman–Crippen MR) is 77.6 cm³/mol. The van der Waals surface area contributed by atoms with Crippen LogP contribution in [0.25, 0.3) is 0 Å². The number of ether oxygens (including phenoxy) is 1. The molecule has 1 aromatic rings. The van der Waals surface area contributed by atoms with Gasteiger partial charge in [0.1, 0.15) is 18.3 Å². The van der Waals surface area contributed by atoms with Gasteiger partial charge in [-0.05, 0) is 17.7 Å². The molecular weight excluding hydrogens is 310 g/mol. The maximum Gasteiger partial charge on any atom is 0.251 e. The van der Waals surface area contributed by atoms with E-state index in [0.717, 1.165) is 0 Å². The average molecular weight is 331 g/mol. The van der Waals surface area contributed by atoms with Crippen molar-refractivity contribution in [2.75, 3.05) is 13.7 Å². The number of rotatable bonds is 8. The second kappa shape index (κ2) is 8.65. The molecule has 23 heavy (non-hydrogen) atoms. The number of hydrogen-bond acceptors (Lipinski definition) is 8. The molecule has 7 N–H and O–H groups in total. The van der Waals surface area contributed by atoms with Gasteiger partial charge in [-0.15, -0.1) is 0 Å². The lowest BCUT2D eigenvalue weighted by Crippen LogP contribution is -2.51. The number of aliphatic hydroxyl groups excluding tert-OH is 5. The minimum absolute atomic E-state index is 0.0299. The zero-order valence-electron chi connectivity index (χ0n) is 12.5. The lowest BCUT2D eigenvalue weighted by atomic mass is 10.0. The molecule has 4 unspecified atom stereocenters. The highest BCUT2D eigenvalue weighted by molar-refractivity contribution is 5.81. The number of benzene rings is 1. The molecular formula is C14H21NO8. The van der Waals surface area contributed by atoms with Crippen molar-refractivity contribution in [3.8, 4) is 11.5 Å². The third-order valence-corrected chi connectivity index (χ3v) is 3.23. The summed E-state index contributed by atoms with van der Waals surface area (Å²) < 4.78 is 4.91. The Bertz CT molecular complexity index is 523. The lowest BCUT2D eigenvalue weighted by Gasteiger charge is -2.24. The Morgan fingerprint density at radius 1 is 1.22 bits per heavy atom. The fourth-order valence-corrected chi connectivity index (χ4v) is 1.80. The summed E-state index contributed by atoms with van der Waals surface area (Å²) in [6.07, 6.45) is -7.53. The third kappa shape index (κ3) is 5.05. The summed E-state index contributed by atoms with van der Waals surface area (Å²) in [4.78, 5) is 11.7. The SMILES string of the molecule is COc1cc(CNC(=O)C(O)C(O)C(O)C(O)CO)ccc1O. The first-order valence-corrected chi connectivity index (χ1v) is 6.78. The lowest BCUT2D eigenvalue weighted by molar-refractivity contribution is -0.149. The number of phenolic OH excluding ortho intramolecular Hbond substituents is 1. The van der Waals surface area contributed by atoms with Crippen molar-refractivity contribution in [1.29, 1.82) is 0 Å². The van der Waals surface area contributed by atoms with E-state index in [4.69, 9.17) is 9.84 Å². The second-order valence-electron chi connectivity index (χ2n) is 4.90. The number of phenols is 1. The van der Waals surface area contributed by atoms with Crippen molar-refractivity contribution >= 4 is 5.91 Å². The smallest absolute Gasteiger partial charge is 0.251 e. The van der Waals surface area contributed by atoms with Gasteiger partial charge in [-0.2, -0.15) is 0 Å². The van der Waals surface area contributed by atoms with Gasteiger partial charge in [-0.1, -0.05) is 6.07 Å². The van der Waals surface area contributed by atoms with Crippen molar-refractivity contribution in [2.45, 2.75) is 31.0 Å². The first-order chi connectivity index (χ1) is 10.8. The summed E-state index contributed by atoms with van der Waals surface area (Å²) in [6, 6.07) is 4.36. The molecule has 9 heteroatoms. The first kappa shape index (κ1) is 19.1. The van der Waals surface area contributed by atoms with Gasteiger partial charge in [0, 0.05) is 6.54 Å². The Hall–Kier alpha value is -1.91. The molecule has 4 atom stereocenters. The fourth-order valence-electron chi connectivity index (χ4n) is 1.80. The predicted octanol–water partition coefficient (Wildman–Crippen LogP) is -2.55. The normalized spacial score (nSPS) is 16.3. The summed E-state index contributed by atoms with van der Waals surface area (Å²) >= 11 is 0. The first-order valence-electron chi connectivity index (χ1n) is 6.78. The number of nitrogens with one attached hydrogen (secondary N) is 1. The van der Waals surface area contributed by atoms with Crippen molar-refractivity contribution < 1.29 is 40.2 Å². The van der Waals surface area contributed by atoms with Crippen LogP contribution in [-0.4, -0.2) is 74.7 Å². The number of aliphatic hydroxyl groups is 5. The van der Waals surface area contributed by atoms with Crippen LogP contribution in [0.2, 0.25) is 0 Å². The van der Waals surface area contributed by atoms with Crippen LogP contribution in [0.3, 0.4) is 0 Å². The van der Waals surface area contributed by atoms with Crippen LogP contribution < -0.4 is 10.1 Å². The molecule has 0 aromatic heterocycles. The van der Waals surface area contributed by atoms with Crippen molar-refractivity contribution in [3.05, 3.63) is 23.8 Å². The number of carbonyl (C=O) groups is 1. The molecule has 0 aliphatic rings. The quantitative estimate of drug-likeness (QED) is 0.274. The average Bonchev–Trinajstić information content (AvgIpc) is 2.57. The van der Waals surface area contributed by atoms with Crippen LogP contribution in [-0.2, 0) is 11.3 Å². The zero-order chi connectivity index (χ0) is 17.6. The molecule has 0 bridgehead atoms. The van der Waals surface area contributed by atoms with E-state index in [1.54, 1.807) is 0 Å². The van der Waals surface area contributed by atoms with Crippen LogP contribution in [0.1, 0.15) is 5.56 Å². The molecule has 0 radical (unpaired) electrons. The highest BCUT2D eigenvalue weighted by Gasteiger charge is 2.33. The third-order valence-electron chi connectivity index (χ3n) is 3.23. The summed E-state index contributed by atoms with van der Waals surface area (Å²) in [5, 5.41) is 58.3. The highest BCUT2D eigenvalue weighted by atomic mass is 16.5. The Morgan fingerprint density at radius 3 is 2.43 bits per heavy atom. The Labute approximate surface area is 132 Å². The van der Waals surface area contributed by atoms with Gasteiger partial charge in [0.2, 0.25) is 0 Å². The van der Waals surface area contributed by atoms with E-state index in [2.05, 4.69) is 5.32 Å². The Morgan fingerprint density at radius 2 is 1.87 bits per heavy atom. The van der Waals surface area contributed by atoms with Crippen molar-refractivity contribution in [1.82, 2.24) is 5.32 Å². The second-order valence-corrected chi connectivity index (χ2v) is 4.90. The Balaban J connectivity index is 2.62. The maximum absolute atomic E-state index is 11.7. The van der Waals surface area contributed by atoms with Gasteiger partial charge in [-0.25, -0.2) is 0 Å². The molecule has 0 aliphatic heterocycles. The van der Waals surface area contributed by atoms with E-state index in [1.807, 2.05) is 0 Å². The van der Waals surface area contributed by atoms with Gasteiger partial charge < -0.3 is 40.7 Å². The van der Waals surface area contributed by atoms with Crippen LogP contribution in [0.5, 0.6) is 11.5 Å². The minimum Gasteiger partial charge on any atom is -0.504 e. The monoisotopic (exact) mass is 331 g/mol. The largest absolute Gasteiger partial charge is 0.504 e. The minimum atomic E-state index is -2.00. The number of carbonyl (C=O) groups excluding carboxylic acids is 1. The number of amides is 1. The van der Waals surface area contributed by atoms with Gasteiger partial charge in [0.25, 0.3) is 5.91 Å². The van der Waals surface area contributed by atoms with E-state index < -0.39 is 36.9 Å². The molecule has 9 nitrogen and oxygen atoms in total. The van der Waals surface area contributed by atoms with Crippen molar-refractivity contribution in [2.24, 2.45) is 0 Å². The van der Waals surface area contributed by atoms with E-state index in [-0.39, 0.29) is 18.0 Å². The topological polar surface area (TPSA) is 160 Å². The van der Waals surface area contributed by atoms with E-state index >= 15 is 0 Å². The molecule has 1 rings (SSSR count). The van der Waals surface area contributed by atoms with Gasteiger partial charge >= 0.3 is 0 Å². The fraction of sp³-hybridized carbons (Fsp3) is 0.500. The standard InChI is InChI=1S/C14H21NO8/c1-23-10-4-7(2-3-8(10)17)5-15-14(22)13(21)12(20)11(19)9(18)6-16/h2-4,9,11-13,16-21H,5-6H2,1H3,(H,15,22). The van der Waals surface area contributed by atoms with E-state index in [0.29, 0.717) is 5.56 Å². The number of methoxy groups -OCH3 is 1. The van der Waals surface area contributed by atoms with Gasteiger partial charge in [0.05, 0.1) is 13.7 Å². The highest BCUT2D eigenvalue weighted by Crippen LogP contribution is 2.26. The summed E-state index contributed by atoms with van der Waals surface area (Å²) in [5.74, 6) is -0.841. The summed E-state index contributed by atoms with van der Waals surface area (Å²) in [7, 11) is 1.37. The number of aromatic hydroxyl groups is 1. The number of hydrogen-bond donors (Lipinski definition) is 7. The molecule has 0 heterocycles. The van der Waals surface area contributed by atoms with E-state index in [9.17, 15) is 30.3 Å². The molecule has 1 aromatic carbocycles. The zero-order valence-corrected chi connectivity index (χ0v) is 12.5. The van der Waals surface area contributed by atoms with Crippen LogP contribution in [0.15, 0.2) is 18.2 Å². The summed E-state index contributed by atoms with van der Waals surface area (Å²) in [6.45, 7) is -0.863. The van der Waals surface area contributed by atoms with Crippen LogP contribution in [0.4, 0.5) is 0 Å². The summed E-state index contributed by atoms with van der Waals surface area (Å²) in [5.41, 5.74) is 0.561. The molecule has 130 valence electrons. The van der Waals surface area contributed by atoms with Crippen LogP contribution in [0, 0.1) is 0 Å². The molecule has 1 amide bonds. The maximum atomic E-state index is 11.7. The molecule has 0 saturated heterocycles. The van der Waals surface area contributed by atoms with Gasteiger partial charge in [0.15, 0.2) is 17.6 Å². The van der Waals surface area contributed by atoms with Crippen molar-refractivity contribution in [3.63, 3.8) is 0 Å². The molecule has 0 saturated carbocycles. The Kier molecular flexibility index (Phi) is 7.20. The molecule has 0 fully saturated rings. The molecule has 0 spiro atoms. The van der Waals surface area contributed by atoms with Crippen LogP contribution >= 0.6 is 0 Å².